The molecule has 2 aromatic heterocycles. The first-order valence-corrected chi connectivity index (χ1v) is 49.1. The van der Waals surface area contributed by atoms with Gasteiger partial charge in [0, 0.05) is 149 Å². The number of aromatic nitrogens is 2. The smallest absolute Gasteiger partial charge is 0.475 e. The summed E-state index contributed by atoms with van der Waals surface area (Å²) in [5.41, 5.74) is 9.46. The number of alkyl halides is 6. The van der Waals surface area contributed by atoms with Gasteiger partial charge in [0.2, 0.25) is 28.9 Å². The van der Waals surface area contributed by atoms with E-state index in [1.807, 2.05) is 18.2 Å². The number of nitro groups is 1. The summed E-state index contributed by atoms with van der Waals surface area (Å²) in [5, 5.41) is 51.6. The van der Waals surface area contributed by atoms with Crippen molar-refractivity contribution >= 4 is 282 Å². The summed E-state index contributed by atoms with van der Waals surface area (Å²) >= 11 is 70.0. The molecule has 2 fully saturated rings. The molecular formula is C82H85Cl12F3N12O17S3Si. The van der Waals surface area contributed by atoms with Crippen LogP contribution in [0.1, 0.15) is 64.5 Å². The highest BCUT2D eigenvalue weighted by atomic mass is 35.5. The Labute approximate surface area is 815 Å². The number of nitrogens with one attached hydrogen (secondary N) is 5. The number of aryl methyl sites for hydroxylation is 1. The van der Waals surface area contributed by atoms with Crippen LogP contribution in [0.15, 0.2) is 146 Å². The second-order valence-corrected chi connectivity index (χ2v) is 39.0. The Morgan fingerprint density at radius 1 is 0.523 bits per heavy atom. The fraction of sp³-hybridized carbons (Fsp3) is 0.305. The van der Waals surface area contributed by atoms with Crippen molar-refractivity contribution in [2.75, 3.05) is 108 Å². The van der Waals surface area contributed by atoms with Gasteiger partial charge in [0.25, 0.3) is 10.8 Å². The number of carboxylic acid groups (broad SMARTS) is 1. The Morgan fingerprint density at radius 2 is 0.892 bits per heavy atom. The summed E-state index contributed by atoms with van der Waals surface area (Å²) in [6.45, 7) is 16.2. The first kappa shape index (κ1) is 112. The number of carboxylic acids is 1. The molecule has 9 N–H and O–H groups in total. The molecule has 0 aliphatic carbocycles. The third kappa shape index (κ3) is 39.9. The summed E-state index contributed by atoms with van der Waals surface area (Å²) in [7, 11) is -4.84. The van der Waals surface area contributed by atoms with Crippen LogP contribution in [0, 0.1) is 20.2 Å². The number of ketones is 1. The van der Waals surface area contributed by atoms with Gasteiger partial charge >= 0.3 is 22.5 Å². The number of rotatable bonds is 14. The maximum absolute atomic E-state index is 11.6. The lowest BCUT2D eigenvalue weighted by Gasteiger charge is -2.35. The quantitative estimate of drug-likeness (QED) is 0.00928. The van der Waals surface area contributed by atoms with E-state index in [1.165, 1.54) is 56.5 Å². The number of halogens is 15. The number of nitro benzene ring substituents is 1. The maximum atomic E-state index is 11.6. The zero-order chi connectivity index (χ0) is 96.7. The molecular weight excluding hydrogens is 2030 g/mol. The van der Waals surface area contributed by atoms with Gasteiger partial charge in [0.05, 0.1) is 56.8 Å². The first-order chi connectivity index (χ1) is 61.4. The molecule has 16 rings (SSSR count). The summed E-state index contributed by atoms with van der Waals surface area (Å²) in [6.07, 6.45) is -1.77. The molecule has 10 aromatic rings. The number of hydrogen-bond acceptors (Lipinski definition) is 21. The van der Waals surface area contributed by atoms with Crippen LogP contribution >= 0.6 is 162 Å². The third-order valence-corrected chi connectivity index (χ3v) is 26.9. The van der Waals surface area contributed by atoms with Crippen LogP contribution in [0.4, 0.5) is 53.2 Å². The number of aliphatic carboxylic acids is 1. The van der Waals surface area contributed by atoms with Crippen molar-refractivity contribution in [1.82, 2.24) is 19.0 Å². The normalized spacial score (nSPS) is 13.5. The molecule has 130 heavy (non-hydrogen) atoms. The van der Waals surface area contributed by atoms with E-state index >= 15 is 0 Å². The Morgan fingerprint density at radius 3 is 1.28 bits per heavy atom. The van der Waals surface area contributed by atoms with Gasteiger partial charge in [-0.25, -0.2) is 4.79 Å². The average Bonchev–Trinajstić information content (AvgIpc) is 1.67. The van der Waals surface area contributed by atoms with Crippen LogP contribution in [0.25, 0.3) is 20.2 Å². The molecule has 0 spiro atoms. The van der Waals surface area contributed by atoms with Gasteiger partial charge in [-0.3, -0.25) is 52.9 Å². The average molecular weight is 2120 g/mol. The van der Waals surface area contributed by atoms with Crippen molar-refractivity contribution in [2.24, 2.45) is 0 Å². The van der Waals surface area contributed by atoms with Crippen molar-refractivity contribution in [3.05, 3.63) is 245 Å². The lowest BCUT2D eigenvalue weighted by atomic mass is 10.1. The Bertz CT molecular complexity index is 5620. The van der Waals surface area contributed by atoms with Crippen LogP contribution in [-0.2, 0) is 77.7 Å². The van der Waals surface area contributed by atoms with Crippen molar-refractivity contribution in [3.8, 4) is 0 Å². The summed E-state index contributed by atoms with van der Waals surface area (Å²) in [5.74, 6) is -0.333. The number of Topliss-reactive ketones (excluding diaryl/α,β-unsaturated/α-hetero) is 1. The lowest BCUT2D eigenvalue weighted by molar-refractivity contribution is -0.742. The highest BCUT2D eigenvalue weighted by Crippen LogP contribution is 2.36. The molecule has 0 atom stereocenters. The standard InChI is InChI=1S/C21H21ClN4OS.C11H13N3S.C10H7Cl2NO2.C10H9Cl2NO.C8H6ClNO.C6H3Cl2NO2.C6H4Cl2.C6H16Si.C2H2Cl2O.C2HF3O2.HNO3.H2O4S/c22-17-13-18-15(12-20(27)23-18)11-14(17)5-6-25-7-9-26(10-8-25)21-16-3-1-2-4-19(16)28-24-21;1-2-4-10-9(3-1)11(13-15-10)14-7-5-12-6-8-14;11-4-9(14)6-1-5-2-10(15)13-8(5)3-7(6)12;11-2-1-6-3-7-4-10(14)13-9(7)5-8(6)12;9-6-2-1-5-3-8(11)10-7(5)4-6;7-4-1-2-5(8)6(3-4)9(10)11;7-5-1-2-6(8)4-3-5;1-4-7(5-2)6-3;3-1-2(4)5;3-2(4,5)1(6)7;2-1(3)4;1-5(2,3)4/h1-4,11,13H,5-10,12H2,(H,23,27);1-4,12H,5-8H2;1,3H,2,4H2,(H,13,15);3,5H,1-2,4H2,(H,13,14);1-2,4H,3H2,(H,10,11);1-3H;1-4H;7H,4-6H2,1-3H3;1H2;(H,6,7);(H,2,3,4);(H2,1,2,3,4). The maximum Gasteiger partial charge on any atom is 0.490 e. The number of fused-ring (bicyclic) bond motifs is 6. The van der Waals surface area contributed by atoms with Crippen molar-refractivity contribution in [1.29, 1.82) is 0 Å². The molecule has 4 amide bonds. The molecule has 6 aliphatic heterocycles. The van der Waals surface area contributed by atoms with Gasteiger partial charge in [-0.2, -0.15) is 30.3 Å². The van der Waals surface area contributed by atoms with E-state index in [2.05, 4.69) is 125 Å². The van der Waals surface area contributed by atoms with Gasteiger partial charge in [-0.05, 0) is 178 Å². The zero-order valence-corrected chi connectivity index (χ0v) is 81.6. The van der Waals surface area contributed by atoms with Crippen molar-refractivity contribution < 1.29 is 84.6 Å². The Hall–Kier alpha value is -8.29. The highest BCUT2D eigenvalue weighted by molar-refractivity contribution is 7.79. The SMILES string of the molecule is CC[SiH](CC)CC.Clc1ccc(Cl)cc1.O=C(Cl)CCl.O=C(O)C(F)(F)F.O=C1Cc2cc(C(=O)CCl)c(Cl)cc2N1.O=C1Cc2cc(CCCl)c(Cl)cc2N1.O=C1Cc2cc(CCN3CCN(c4nsc5ccccc45)CC3)c(Cl)cc2N1.O=C1Cc2ccc(Cl)cc2N1.O=S(=O)(O)O.O=[N+]([O-])O.O=[N+]([O-])c1cc(Cl)ccc1Cl.c1ccc2c(N3CCNCC3)nsc2c1. The van der Waals surface area contributed by atoms with Crippen LogP contribution in [-0.4, -0.2) is 184 Å². The molecule has 6 aliphatic rings. The minimum absolute atomic E-state index is 0.0269. The first-order valence-electron chi connectivity index (χ1n) is 38.7. The summed E-state index contributed by atoms with van der Waals surface area (Å²) in [6, 6.07) is 48.9. The van der Waals surface area contributed by atoms with E-state index < -0.39 is 37.8 Å². The van der Waals surface area contributed by atoms with Crippen LogP contribution < -0.4 is 36.4 Å². The van der Waals surface area contributed by atoms with E-state index in [9.17, 15) is 52.1 Å². The number of benzene rings is 8. The molecule has 702 valence electrons. The van der Waals surface area contributed by atoms with Gasteiger partial charge in [-0.15, -0.1) is 44.9 Å². The van der Waals surface area contributed by atoms with E-state index in [4.69, 9.17) is 182 Å². The minimum Gasteiger partial charge on any atom is -0.475 e. The number of carbonyl (C=O) groups is 7. The lowest BCUT2D eigenvalue weighted by Crippen LogP contribution is -2.47. The highest BCUT2D eigenvalue weighted by Gasteiger charge is 2.38. The molecule has 8 heterocycles. The number of carbonyl (C=O) groups excluding carboxylic acids is 6. The van der Waals surface area contributed by atoms with Crippen molar-refractivity contribution in [3.63, 3.8) is 0 Å². The Balaban J connectivity index is 0.000000262. The van der Waals surface area contributed by atoms with Gasteiger partial charge in [0.1, 0.15) is 16.7 Å². The van der Waals surface area contributed by atoms with E-state index in [0.717, 1.165) is 149 Å². The van der Waals surface area contributed by atoms with E-state index in [1.54, 1.807) is 77.7 Å². The molecule has 29 nitrogen and oxygen atoms in total. The third-order valence-electron chi connectivity index (χ3n) is 18.6. The number of anilines is 6. The van der Waals surface area contributed by atoms with Gasteiger partial charge in [0.15, 0.2) is 5.78 Å². The van der Waals surface area contributed by atoms with Gasteiger partial charge < -0.3 is 46.7 Å². The second-order valence-electron chi connectivity index (χ2n) is 27.6. The molecule has 48 heteroatoms. The van der Waals surface area contributed by atoms with E-state index in [-0.39, 0.29) is 67.1 Å². The topological polar surface area (TPSA) is 416 Å². The minimum atomic E-state index is -5.08. The largest absolute Gasteiger partial charge is 0.490 e. The Kier molecular flexibility index (Phi) is 48.9. The predicted octanol–water partition coefficient (Wildman–Crippen LogP) is 21.0. The molecule has 0 radical (unpaired) electrons. The van der Waals surface area contributed by atoms with Crippen LogP contribution in [0.3, 0.4) is 0 Å². The molecule has 8 aromatic carbocycles. The van der Waals surface area contributed by atoms with Crippen molar-refractivity contribution in [2.45, 2.75) is 83.6 Å². The van der Waals surface area contributed by atoms with Crippen LogP contribution in [0.2, 0.25) is 58.3 Å². The van der Waals surface area contributed by atoms with E-state index in [0.29, 0.717) is 56.5 Å². The van der Waals surface area contributed by atoms with Gasteiger partial charge in [-0.1, -0.05) is 174 Å². The summed E-state index contributed by atoms with van der Waals surface area (Å²) < 4.78 is 75.1. The fourth-order valence-electron chi connectivity index (χ4n) is 12.3. The van der Waals surface area contributed by atoms with Crippen LogP contribution in [0.5, 0.6) is 0 Å². The molecule has 0 unspecified atom stereocenters. The summed E-state index contributed by atoms with van der Waals surface area (Å²) in [4.78, 5) is 99.6. The zero-order valence-electron chi connectivity index (χ0n) is 68.9. The number of nitrogens with zero attached hydrogens (tertiary/aromatic N) is 7. The molecule has 0 bridgehead atoms. The predicted molar refractivity (Wildman–Crippen MR) is 518 cm³/mol. The monoisotopic (exact) mass is 2110 g/mol. The second kappa shape index (κ2) is 56.7. The molecule has 2 saturated heterocycles. The number of amides is 4. The fourth-order valence-corrected chi connectivity index (χ4v) is 17.5. The number of piperazine rings is 2. The molecule has 0 saturated carbocycles. The number of hydrogen-bond donors (Lipinski definition) is 9.